The van der Waals surface area contributed by atoms with Crippen molar-refractivity contribution in [2.75, 3.05) is 19.7 Å². The summed E-state index contributed by atoms with van der Waals surface area (Å²) in [4.78, 5) is 25.1. The molecule has 3 rings (SSSR count). The Morgan fingerprint density at radius 1 is 1.36 bits per heavy atom. The summed E-state index contributed by atoms with van der Waals surface area (Å²) in [6.45, 7) is 2.97. The van der Waals surface area contributed by atoms with Gasteiger partial charge in [0.2, 0.25) is 5.91 Å². The summed E-state index contributed by atoms with van der Waals surface area (Å²) in [6, 6.07) is 9.95. The number of para-hydroxylation sites is 1. The van der Waals surface area contributed by atoms with Crippen LogP contribution in [0.4, 0.5) is 0 Å². The number of nitrogens with zero attached hydrogens (tertiary/aromatic N) is 2. The van der Waals surface area contributed by atoms with Crippen LogP contribution in [0.25, 0.3) is 10.9 Å². The van der Waals surface area contributed by atoms with E-state index in [-0.39, 0.29) is 25.6 Å². The monoisotopic (exact) mass is 302 g/mol. The molecular formula is C16H18N2O4. The van der Waals surface area contributed by atoms with Crippen molar-refractivity contribution < 1.29 is 19.4 Å². The molecule has 1 fully saturated rings. The second-order valence-corrected chi connectivity index (χ2v) is 5.47. The molecule has 1 N–H and O–H groups in total. The highest BCUT2D eigenvalue weighted by atomic mass is 16.5. The van der Waals surface area contributed by atoms with E-state index in [4.69, 9.17) is 9.84 Å². The molecule has 22 heavy (non-hydrogen) atoms. The Hall–Kier alpha value is -2.34. The Labute approximate surface area is 127 Å². The van der Waals surface area contributed by atoms with Gasteiger partial charge in [-0.25, -0.2) is 4.79 Å². The molecule has 6 heteroatoms. The topological polar surface area (TPSA) is 71.8 Å². The van der Waals surface area contributed by atoms with Crippen molar-refractivity contribution in [3.63, 3.8) is 0 Å². The van der Waals surface area contributed by atoms with Crippen molar-refractivity contribution in [1.29, 1.82) is 0 Å². The fourth-order valence-corrected chi connectivity index (χ4v) is 2.82. The highest BCUT2D eigenvalue weighted by molar-refractivity contribution is 5.84. The summed E-state index contributed by atoms with van der Waals surface area (Å²) in [7, 11) is 0. The molecule has 0 spiro atoms. The number of benzene rings is 1. The molecule has 0 aliphatic carbocycles. The molecule has 1 aliphatic heterocycles. The van der Waals surface area contributed by atoms with Gasteiger partial charge < -0.3 is 19.3 Å². The second-order valence-electron chi connectivity index (χ2n) is 5.47. The lowest BCUT2D eigenvalue weighted by atomic mass is 10.2. The predicted octanol–water partition coefficient (Wildman–Crippen LogP) is 1.26. The van der Waals surface area contributed by atoms with Crippen LogP contribution in [-0.4, -0.2) is 52.3 Å². The number of hydrogen-bond acceptors (Lipinski definition) is 3. The number of carbonyl (C=O) groups is 2. The van der Waals surface area contributed by atoms with Crippen LogP contribution in [0, 0.1) is 6.92 Å². The van der Waals surface area contributed by atoms with Gasteiger partial charge in [-0.1, -0.05) is 18.2 Å². The normalized spacial score (nSPS) is 18.6. The number of hydrogen-bond donors (Lipinski definition) is 1. The van der Waals surface area contributed by atoms with Gasteiger partial charge in [0.25, 0.3) is 0 Å². The van der Waals surface area contributed by atoms with Gasteiger partial charge in [0, 0.05) is 17.8 Å². The molecular weight excluding hydrogens is 284 g/mol. The van der Waals surface area contributed by atoms with Gasteiger partial charge in [-0.05, 0) is 24.4 Å². The first-order chi connectivity index (χ1) is 10.6. The van der Waals surface area contributed by atoms with Crippen LogP contribution >= 0.6 is 0 Å². The SMILES string of the molecule is Cc1cc2ccccc2n1CC(=O)N1CCO[C@H](C(=O)O)C1. The van der Waals surface area contributed by atoms with Gasteiger partial charge in [0.1, 0.15) is 6.54 Å². The smallest absolute Gasteiger partial charge is 0.334 e. The second kappa shape index (κ2) is 5.81. The summed E-state index contributed by atoms with van der Waals surface area (Å²) in [6.07, 6.45) is -0.930. The molecule has 1 aromatic heterocycles. The van der Waals surface area contributed by atoms with E-state index in [9.17, 15) is 9.59 Å². The number of ether oxygens (including phenoxy) is 1. The molecule has 0 unspecified atom stereocenters. The number of carboxylic acid groups (broad SMARTS) is 1. The maximum atomic E-state index is 12.5. The summed E-state index contributed by atoms with van der Waals surface area (Å²) in [5, 5.41) is 10.1. The van der Waals surface area contributed by atoms with Crippen molar-refractivity contribution in [2.24, 2.45) is 0 Å². The zero-order chi connectivity index (χ0) is 15.7. The molecule has 1 aromatic carbocycles. The number of amides is 1. The molecule has 0 radical (unpaired) electrons. The quantitative estimate of drug-likeness (QED) is 0.926. The minimum absolute atomic E-state index is 0.0843. The van der Waals surface area contributed by atoms with Crippen molar-refractivity contribution in [1.82, 2.24) is 9.47 Å². The Morgan fingerprint density at radius 2 is 2.14 bits per heavy atom. The number of aliphatic carboxylic acids is 1. The van der Waals surface area contributed by atoms with E-state index in [1.54, 1.807) is 4.90 Å². The molecule has 1 amide bonds. The zero-order valence-corrected chi connectivity index (χ0v) is 12.4. The maximum Gasteiger partial charge on any atom is 0.334 e. The zero-order valence-electron chi connectivity index (χ0n) is 12.4. The number of carbonyl (C=O) groups excluding carboxylic acids is 1. The van der Waals surface area contributed by atoms with Crippen LogP contribution in [-0.2, 0) is 20.9 Å². The van der Waals surface area contributed by atoms with Crippen LogP contribution < -0.4 is 0 Å². The van der Waals surface area contributed by atoms with Crippen molar-refractivity contribution in [2.45, 2.75) is 19.6 Å². The van der Waals surface area contributed by atoms with E-state index >= 15 is 0 Å². The summed E-state index contributed by atoms with van der Waals surface area (Å²) in [5.74, 6) is -1.11. The van der Waals surface area contributed by atoms with Crippen LogP contribution in [0.5, 0.6) is 0 Å². The van der Waals surface area contributed by atoms with E-state index < -0.39 is 12.1 Å². The lowest BCUT2D eigenvalue weighted by Crippen LogP contribution is -2.49. The van der Waals surface area contributed by atoms with Crippen molar-refractivity contribution >= 4 is 22.8 Å². The van der Waals surface area contributed by atoms with E-state index in [0.29, 0.717) is 6.54 Å². The standard InChI is InChI=1S/C16H18N2O4/c1-11-8-12-4-2-3-5-13(12)18(11)10-15(19)17-6-7-22-14(9-17)16(20)21/h2-5,8,14H,6-7,9-10H2,1H3,(H,20,21)/t14-/m0/s1. The molecule has 1 atom stereocenters. The van der Waals surface area contributed by atoms with Crippen LogP contribution in [0.2, 0.25) is 0 Å². The number of aryl methyl sites for hydroxylation is 1. The first-order valence-corrected chi connectivity index (χ1v) is 7.23. The van der Waals surface area contributed by atoms with Gasteiger partial charge in [-0.2, -0.15) is 0 Å². The van der Waals surface area contributed by atoms with Crippen molar-refractivity contribution in [3.8, 4) is 0 Å². The fourth-order valence-electron chi connectivity index (χ4n) is 2.82. The average Bonchev–Trinajstić information content (AvgIpc) is 2.83. The van der Waals surface area contributed by atoms with E-state index in [1.807, 2.05) is 41.8 Å². The van der Waals surface area contributed by atoms with E-state index in [1.165, 1.54) is 0 Å². The fraction of sp³-hybridized carbons (Fsp3) is 0.375. The number of carboxylic acids is 1. The van der Waals surface area contributed by atoms with Crippen molar-refractivity contribution in [3.05, 3.63) is 36.0 Å². The Morgan fingerprint density at radius 3 is 2.91 bits per heavy atom. The summed E-state index contributed by atoms with van der Waals surface area (Å²) < 4.78 is 7.11. The summed E-state index contributed by atoms with van der Waals surface area (Å²) in [5.41, 5.74) is 2.02. The van der Waals surface area contributed by atoms with Crippen LogP contribution in [0.15, 0.2) is 30.3 Å². The van der Waals surface area contributed by atoms with Gasteiger partial charge >= 0.3 is 5.97 Å². The lowest BCUT2D eigenvalue weighted by Gasteiger charge is -2.31. The minimum Gasteiger partial charge on any atom is -0.479 e. The molecule has 0 saturated carbocycles. The molecule has 2 heterocycles. The third-order valence-electron chi connectivity index (χ3n) is 4.01. The molecule has 6 nitrogen and oxygen atoms in total. The van der Waals surface area contributed by atoms with Gasteiger partial charge in [0.15, 0.2) is 6.10 Å². The highest BCUT2D eigenvalue weighted by Gasteiger charge is 2.29. The van der Waals surface area contributed by atoms with Crippen LogP contribution in [0.3, 0.4) is 0 Å². The number of aromatic nitrogens is 1. The first kappa shape index (κ1) is 14.6. The van der Waals surface area contributed by atoms with E-state index in [0.717, 1.165) is 16.6 Å². The number of rotatable bonds is 3. The first-order valence-electron chi connectivity index (χ1n) is 7.23. The Bertz CT molecular complexity index is 722. The highest BCUT2D eigenvalue weighted by Crippen LogP contribution is 2.19. The summed E-state index contributed by atoms with van der Waals surface area (Å²) >= 11 is 0. The minimum atomic E-state index is -1.03. The molecule has 2 aromatic rings. The van der Waals surface area contributed by atoms with Gasteiger partial charge in [0.05, 0.1) is 13.2 Å². The van der Waals surface area contributed by atoms with Crippen LogP contribution in [0.1, 0.15) is 5.69 Å². The average molecular weight is 302 g/mol. The lowest BCUT2D eigenvalue weighted by molar-refractivity contribution is -0.159. The maximum absolute atomic E-state index is 12.5. The molecule has 116 valence electrons. The molecule has 1 aliphatic rings. The number of fused-ring (bicyclic) bond motifs is 1. The third-order valence-corrected chi connectivity index (χ3v) is 4.01. The largest absolute Gasteiger partial charge is 0.479 e. The van der Waals surface area contributed by atoms with E-state index in [2.05, 4.69) is 0 Å². The van der Waals surface area contributed by atoms with Gasteiger partial charge in [-0.3, -0.25) is 4.79 Å². The van der Waals surface area contributed by atoms with Gasteiger partial charge in [-0.15, -0.1) is 0 Å². The third kappa shape index (κ3) is 2.69. The number of morpholine rings is 1. The Balaban J connectivity index is 1.78. The Kier molecular flexibility index (Phi) is 3.85. The molecule has 1 saturated heterocycles. The predicted molar refractivity (Wildman–Crippen MR) is 80.6 cm³/mol. The molecule has 0 bridgehead atoms.